The lowest BCUT2D eigenvalue weighted by molar-refractivity contribution is -0.123. The van der Waals surface area contributed by atoms with E-state index in [1.54, 1.807) is 0 Å². The highest BCUT2D eigenvalue weighted by molar-refractivity contribution is 5.81. The lowest BCUT2D eigenvalue weighted by atomic mass is 9.87. The summed E-state index contributed by atoms with van der Waals surface area (Å²) in [6.45, 7) is 6.45. The molecule has 2 atom stereocenters. The second kappa shape index (κ2) is 3.66. The van der Waals surface area contributed by atoms with Crippen molar-refractivity contribution in [1.82, 2.24) is 5.32 Å². The van der Waals surface area contributed by atoms with E-state index in [1.165, 1.54) is 0 Å². The number of hydrogen-bond donors (Lipinski definition) is 2. The van der Waals surface area contributed by atoms with Gasteiger partial charge in [-0.2, -0.15) is 0 Å². The van der Waals surface area contributed by atoms with E-state index >= 15 is 0 Å². The summed E-state index contributed by atoms with van der Waals surface area (Å²) >= 11 is 0. The van der Waals surface area contributed by atoms with Crippen LogP contribution < -0.4 is 5.32 Å². The van der Waals surface area contributed by atoms with E-state index in [4.69, 9.17) is 5.11 Å². The Hall–Kier alpha value is -0.570. The summed E-state index contributed by atoms with van der Waals surface area (Å²) < 4.78 is 0. The molecule has 3 heteroatoms. The highest BCUT2D eigenvalue weighted by atomic mass is 16.3. The van der Waals surface area contributed by atoms with Crippen molar-refractivity contribution in [2.75, 3.05) is 6.61 Å². The van der Waals surface area contributed by atoms with Gasteiger partial charge in [-0.15, -0.1) is 0 Å². The molecular formula is C10H19NO2. The van der Waals surface area contributed by atoms with Crippen molar-refractivity contribution in [3.05, 3.63) is 0 Å². The number of aliphatic hydroxyl groups is 1. The molecule has 76 valence electrons. The molecule has 0 spiro atoms. The van der Waals surface area contributed by atoms with Crippen LogP contribution in [0.25, 0.3) is 0 Å². The lowest BCUT2D eigenvalue weighted by Crippen LogP contribution is -2.30. The summed E-state index contributed by atoms with van der Waals surface area (Å²) in [4.78, 5) is 11.2. The van der Waals surface area contributed by atoms with Crippen molar-refractivity contribution in [3.63, 3.8) is 0 Å². The first kappa shape index (κ1) is 10.5. The Morgan fingerprint density at radius 1 is 1.54 bits per heavy atom. The summed E-state index contributed by atoms with van der Waals surface area (Å²) in [5.41, 5.74) is 0.238. The Kier molecular flexibility index (Phi) is 2.96. The fourth-order valence-corrected chi connectivity index (χ4v) is 1.86. The van der Waals surface area contributed by atoms with Crippen molar-refractivity contribution in [1.29, 1.82) is 0 Å². The van der Waals surface area contributed by atoms with E-state index in [0.29, 0.717) is 0 Å². The first-order chi connectivity index (χ1) is 5.92. The number of hydrogen-bond acceptors (Lipinski definition) is 2. The van der Waals surface area contributed by atoms with Gasteiger partial charge in [-0.05, 0) is 18.3 Å². The molecule has 1 rings (SSSR count). The molecule has 1 saturated heterocycles. The highest BCUT2D eigenvalue weighted by Gasteiger charge is 2.33. The minimum Gasteiger partial charge on any atom is -0.396 e. The van der Waals surface area contributed by atoms with Crippen LogP contribution in [0.3, 0.4) is 0 Å². The Labute approximate surface area is 79.5 Å². The van der Waals surface area contributed by atoms with Crippen LogP contribution in [0.2, 0.25) is 0 Å². The van der Waals surface area contributed by atoms with Gasteiger partial charge in [0.15, 0.2) is 0 Å². The predicted octanol–water partition coefficient (Wildman–Crippen LogP) is 0.920. The SMILES string of the molecule is CC(C)(C)CC1CC(CO)C(=O)N1. The Bertz CT molecular complexity index is 196. The first-order valence-corrected chi connectivity index (χ1v) is 4.83. The maximum atomic E-state index is 11.2. The van der Waals surface area contributed by atoms with Crippen LogP contribution in [0, 0.1) is 11.3 Å². The molecule has 2 N–H and O–H groups in total. The molecule has 1 heterocycles. The average Bonchev–Trinajstić information content (AvgIpc) is 2.26. The van der Waals surface area contributed by atoms with Crippen molar-refractivity contribution >= 4 is 5.91 Å². The summed E-state index contributed by atoms with van der Waals surface area (Å²) in [5, 5.41) is 11.8. The summed E-state index contributed by atoms with van der Waals surface area (Å²) in [5.74, 6) is -0.163. The van der Waals surface area contributed by atoms with E-state index in [2.05, 4.69) is 26.1 Å². The van der Waals surface area contributed by atoms with Crippen molar-refractivity contribution in [2.45, 2.75) is 39.7 Å². The number of aliphatic hydroxyl groups excluding tert-OH is 1. The third-order valence-corrected chi connectivity index (χ3v) is 2.37. The second-order valence-electron chi connectivity index (χ2n) is 5.09. The molecular weight excluding hydrogens is 166 g/mol. The zero-order valence-electron chi connectivity index (χ0n) is 8.63. The smallest absolute Gasteiger partial charge is 0.225 e. The van der Waals surface area contributed by atoms with E-state index in [0.717, 1.165) is 12.8 Å². The third kappa shape index (κ3) is 2.99. The van der Waals surface area contributed by atoms with Crippen LogP contribution in [0.1, 0.15) is 33.6 Å². The largest absolute Gasteiger partial charge is 0.396 e. The number of nitrogens with one attached hydrogen (secondary N) is 1. The van der Waals surface area contributed by atoms with E-state index in [-0.39, 0.29) is 29.9 Å². The summed E-state index contributed by atoms with van der Waals surface area (Å²) in [6.07, 6.45) is 1.77. The van der Waals surface area contributed by atoms with Gasteiger partial charge in [0.1, 0.15) is 0 Å². The van der Waals surface area contributed by atoms with Gasteiger partial charge in [-0.25, -0.2) is 0 Å². The number of carbonyl (C=O) groups is 1. The van der Waals surface area contributed by atoms with Crippen molar-refractivity contribution < 1.29 is 9.90 Å². The predicted molar refractivity (Wildman–Crippen MR) is 51.2 cm³/mol. The minimum atomic E-state index is -0.174. The molecule has 0 radical (unpaired) electrons. The Morgan fingerprint density at radius 3 is 2.54 bits per heavy atom. The zero-order chi connectivity index (χ0) is 10.1. The third-order valence-electron chi connectivity index (χ3n) is 2.37. The van der Waals surface area contributed by atoms with Crippen LogP contribution in [0.15, 0.2) is 0 Å². The Morgan fingerprint density at radius 2 is 2.15 bits per heavy atom. The number of rotatable bonds is 2. The van der Waals surface area contributed by atoms with Gasteiger partial charge in [-0.1, -0.05) is 20.8 Å². The van der Waals surface area contributed by atoms with Gasteiger partial charge >= 0.3 is 0 Å². The highest BCUT2D eigenvalue weighted by Crippen LogP contribution is 2.27. The van der Waals surface area contributed by atoms with Crippen molar-refractivity contribution in [2.24, 2.45) is 11.3 Å². The molecule has 0 aromatic rings. The van der Waals surface area contributed by atoms with Gasteiger partial charge in [0.2, 0.25) is 5.91 Å². The van der Waals surface area contributed by atoms with E-state index < -0.39 is 0 Å². The first-order valence-electron chi connectivity index (χ1n) is 4.83. The molecule has 1 aliphatic heterocycles. The standard InChI is InChI=1S/C10H19NO2/c1-10(2,3)5-8-4-7(6-12)9(13)11-8/h7-8,12H,4-6H2,1-3H3,(H,11,13). The molecule has 0 bridgehead atoms. The quantitative estimate of drug-likeness (QED) is 0.672. The molecule has 0 aromatic carbocycles. The van der Waals surface area contributed by atoms with Gasteiger partial charge in [-0.3, -0.25) is 4.79 Å². The monoisotopic (exact) mass is 185 g/mol. The van der Waals surface area contributed by atoms with Crippen LogP contribution in [-0.2, 0) is 4.79 Å². The maximum Gasteiger partial charge on any atom is 0.225 e. The van der Waals surface area contributed by atoms with Gasteiger partial charge in [0.25, 0.3) is 0 Å². The average molecular weight is 185 g/mol. The molecule has 0 saturated carbocycles. The molecule has 1 amide bonds. The van der Waals surface area contributed by atoms with E-state index in [1.807, 2.05) is 0 Å². The topological polar surface area (TPSA) is 49.3 Å². The second-order valence-corrected chi connectivity index (χ2v) is 5.09. The molecule has 0 aliphatic carbocycles. The Balaban J connectivity index is 2.45. The van der Waals surface area contributed by atoms with Gasteiger partial charge in [0.05, 0.1) is 12.5 Å². The summed E-state index contributed by atoms with van der Waals surface area (Å²) in [7, 11) is 0. The van der Waals surface area contributed by atoms with E-state index in [9.17, 15) is 4.79 Å². The molecule has 2 unspecified atom stereocenters. The fraction of sp³-hybridized carbons (Fsp3) is 0.900. The normalized spacial score (nSPS) is 29.1. The minimum absolute atomic E-state index is 0.0109. The fourth-order valence-electron chi connectivity index (χ4n) is 1.86. The molecule has 1 aliphatic rings. The van der Waals surface area contributed by atoms with Gasteiger partial charge < -0.3 is 10.4 Å². The molecule has 13 heavy (non-hydrogen) atoms. The van der Waals surface area contributed by atoms with Crippen LogP contribution in [0.5, 0.6) is 0 Å². The maximum absolute atomic E-state index is 11.2. The van der Waals surface area contributed by atoms with Gasteiger partial charge in [0, 0.05) is 6.04 Å². The van der Waals surface area contributed by atoms with Crippen molar-refractivity contribution in [3.8, 4) is 0 Å². The zero-order valence-corrected chi connectivity index (χ0v) is 8.63. The van der Waals surface area contributed by atoms with Crippen LogP contribution in [-0.4, -0.2) is 23.7 Å². The number of amides is 1. The molecule has 3 nitrogen and oxygen atoms in total. The van der Waals surface area contributed by atoms with Crippen LogP contribution in [0.4, 0.5) is 0 Å². The summed E-state index contributed by atoms with van der Waals surface area (Å²) in [6, 6.07) is 0.254. The molecule has 0 aromatic heterocycles. The van der Waals surface area contributed by atoms with Crippen LogP contribution >= 0.6 is 0 Å². The molecule has 1 fully saturated rings. The lowest BCUT2D eigenvalue weighted by Gasteiger charge is -2.22. The number of carbonyl (C=O) groups excluding carboxylic acids is 1.